The molecule has 5 nitrogen and oxygen atoms in total. The molecule has 0 fully saturated rings. The molecule has 6 heteroatoms. The van der Waals surface area contributed by atoms with Crippen molar-refractivity contribution in [3.05, 3.63) is 83.2 Å². The minimum absolute atomic E-state index is 0.120. The van der Waals surface area contributed by atoms with Crippen molar-refractivity contribution in [3.63, 3.8) is 0 Å². The standard InChI is InChI=1S/C21H22FN3O2/c1-14-10-15(2)12-18(11-14)27-13-19(26)24-20(21-23-8-9-25(21)3)16-4-6-17(22)7-5-16/h4-12,20H,13H2,1-3H3,(H,24,26)/t20-/m1/s1. The van der Waals surface area contributed by atoms with E-state index in [9.17, 15) is 9.18 Å². The summed E-state index contributed by atoms with van der Waals surface area (Å²) in [4.78, 5) is 16.8. The normalized spacial score (nSPS) is 11.9. The number of ether oxygens (including phenoxy) is 1. The molecule has 1 atom stereocenters. The molecule has 27 heavy (non-hydrogen) atoms. The smallest absolute Gasteiger partial charge is 0.258 e. The van der Waals surface area contributed by atoms with Gasteiger partial charge in [-0.3, -0.25) is 4.79 Å². The fourth-order valence-electron chi connectivity index (χ4n) is 2.98. The van der Waals surface area contributed by atoms with Crippen LogP contribution in [-0.2, 0) is 11.8 Å². The summed E-state index contributed by atoms with van der Waals surface area (Å²) >= 11 is 0. The molecular formula is C21H22FN3O2. The summed E-state index contributed by atoms with van der Waals surface area (Å²) < 4.78 is 20.7. The van der Waals surface area contributed by atoms with Crippen molar-refractivity contribution < 1.29 is 13.9 Å². The average Bonchev–Trinajstić information content (AvgIpc) is 3.04. The van der Waals surface area contributed by atoms with Gasteiger partial charge >= 0.3 is 0 Å². The average molecular weight is 367 g/mol. The van der Waals surface area contributed by atoms with Crippen LogP contribution in [0.4, 0.5) is 4.39 Å². The number of benzene rings is 2. The summed E-state index contributed by atoms with van der Waals surface area (Å²) in [5.41, 5.74) is 2.88. The van der Waals surface area contributed by atoms with Gasteiger partial charge in [-0.15, -0.1) is 0 Å². The molecule has 0 radical (unpaired) electrons. The zero-order chi connectivity index (χ0) is 19.4. The number of halogens is 1. The third kappa shape index (κ3) is 4.73. The Kier molecular flexibility index (Phi) is 5.54. The van der Waals surface area contributed by atoms with Gasteiger partial charge in [-0.25, -0.2) is 9.37 Å². The van der Waals surface area contributed by atoms with E-state index in [4.69, 9.17) is 4.74 Å². The fraction of sp³-hybridized carbons (Fsp3) is 0.238. The Bertz CT molecular complexity index is 915. The highest BCUT2D eigenvalue weighted by Crippen LogP contribution is 2.21. The van der Waals surface area contributed by atoms with Gasteiger partial charge in [0.05, 0.1) is 0 Å². The van der Waals surface area contributed by atoms with Crippen LogP contribution in [0.15, 0.2) is 54.9 Å². The van der Waals surface area contributed by atoms with E-state index in [0.29, 0.717) is 11.6 Å². The van der Waals surface area contributed by atoms with Gasteiger partial charge in [-0.2, -0.15) is 0 Å². The van der Waals surface area contributed by atoms with Gasteiger partial charge in [-0.05, 0) is 54.8 Å². The lowest BCUT2D eigenvalue weighted by atomic mass is 10.1. The molecule has 0 aliphatic carbocycles. The molecule has 3 aromatic rings. The number of aryl methyl sites for hydroxylation is 3. The van der Waals surface area contributed by atoms with Gasteiger partial charge in [0.2, 0.25) is 0 Å². The molecule has 2 aromatic carbocycles. The van der Waals surface area contributed by atoms with Gasteiger partial charge in [0.1, 0.15) is 23.4 Å². The first-order valence-electron chi connectivity index (χ1n) is 8.65. The Morgan fingerprint density at radius 3 is 2.44 bits per heavy atom. The maximum absolute atomic E-state index is 13.3. The fourth-order valence-corrected chi connectivity index (χ4v) is 2.98. The van der Waals surface area contributed by atoms with Crippen LogP contribution in [0.1, 0.15) is 28.6 Å². The van der Waals surface area contributed by atoms with Gasteiger partial charge in [-0.1, -0.05) is 18.2 Å². The number of carbonyl (C=O) groups excluding carboxylic acids is 1. The molecular weight excluding hydrogens is 345 g/mol. The summed E-state index contributed by atoms with van der Waals surface area (Å²) in [6.45, 7) is 3.84. The first kappa shape index (κ1) is 18.6. The Hall–Kier alpha value is -3.15. The van der Waals surface area contributed by atoms with Crippen LogP contribution < -0.4 is 10.1 Å². The largest absolute Gasteiger partial charge is 0.484 e. The SMILES string of the molecule is Cc1cc(C)cc(OCC(=O)N[C@H](c2ccc(F)cc2)c2nccn2C)c1. The van der Waals surface area contributed by atoms with Gasteiger partial charge < -0.3 is 14.6 Å². The second kappa shape index (κ2) is 8.03. The van der Waals surface area contributed by atoms with E-state index in [1.807, 2.05) is 43.7 Å². The first-order chi connectivity index (χ1) is 12.9. The highest BCUT2D eigenvalue weighted by atomic mass is 19.1. The highest BCUT2D eigenvalue weighted by molar-refractivity contribution is 5.78. The predicted molar refractivity (Wildman–Crippen MR) is 101 cm³/mol. The lowest BCUT2D eigenvalue weighted by Gasteiger charge is -2.19. The molecule has 3 rings (SSSR count). The minimum atomic E-state index is -0.499. The molecule has 1 heterocycles. The molecule has 1 aromatic heterocycles. The topological polar surface area (TPSA) is 56.1 Å². The van der Waals surface area contributed by atoms with Crippen LogP contribution in [0.2, 0.25) is 0 Å². The highest BCUT2D eigenvalue weighted by Gasteiger charge is 2.21. The van der Waals surface area contributed by atoms with Crippen molar-refractivity contribution in [3.8, 4) is 5.75 Å². The lowest BCUT2D eigenvalue weighted by molar-refractivity contribution is -0.123. The molecule has 0 aliphatic heterocycles. The summed E-state index contributed by atoms with van der Waals surface area (Å²) in [5, 5.41) is 2.93. The number of carbonyl (C=O) groups is 1. The molecule has 1 N–H and O–H groups in total. The predicted octanol–water partition coefficient (Wildman–Crippen LogP) is 3.46. The molecule has 0 unspecified atom stereocenters. The maximum Gasteiger partial charge on any atom is 0.258 e. The van der Waals surface area contributed by atoms with Gasteiger partial charge in [0.15, 0.2) is 6.61 Å². The number of aromatic nitrogens is 2. The van der Waals surface area contributed by atoms with E-state index >= 15 is 0 Å². The number of hydrogen-bond acceptors (Lipinski definition) is 3. The number of rotatable bonds is 6. The van der Waals surface area contributed by atoms with Crippen molar-refractivity contribution in [1.82, 2.24) is 14.9 Å². The van der Waals surface area contributed by atoms with Crippen LogP contribution in [0, 0.1) is 19.7 Å². The quantitative estimate of drug-likeness (QED) is 0.726. The van der Waals surface area contributed by atoms with Crippen molar-refractivity contribution in [1.29, 1.82) is 0 Å². The van der Waals surface area contributed by atoms with Crippen LogP contribution in [0.25, 0.3) is 0 Å². The van der Waals surface area contributed by atoms with Gasteiger partial charge in [0.25, 0.3) is 5.91 Å². The van der Waals surface area contributed by atoms with Crippen LogP contribution in [0.3, 0.4) is 0 Å². The van der Waals surface area contributed by atoms with E-state index in [-0.39, 0.29) is 18.3 Å². The number of hydrogen-bond donors (Lipinski definition) is 1. The van der Waals surface area contributed by atoms with Crippen molar-refractivity contribution in [2.45, 2.75) is 19.9 Å². The number of imidazole rings is 1. The van der Waals surface area contributed by atoms with Crippen molar-refractivity contribution in [2.24, 2.45) is 7.05 Å². The van der Waals surface area contributed by atoms with Crippen LogP contribution in [-0.4, -0.2) is 22.1 Å². The van der Waals surface area contributed by atoms with Crippen molar-refractivity contribution in [2.75, 3.05) is 6.61 Å². The second-order valence-corrected chi connectivity index (χ2v) is 6.56. The Balaban J connectivity index is 1.74. The zero-order valence-electron chi connectivity index (χ0n) is 15.6. The molecule has 0 bridgehead atoms. The van der Waals surface area contributed by atoms with Gasteiger partial charge in [0, 0.05) is 19.4 Å². The molecule has 140 valence electrons. The molecule has 0 saturated heterocycles. The lowest BCUT2D eigenvalue weighted by Crippen LogP contribution is -2.34. The van der Waals surface area contributed by atoms with E-state index in [0.717, 1.165) is 16.7 Å². The number of nitrogens with one attached hydrogen (secondary N) is 1. The van der Waals surface area contributed by atoms with Crippen molar-refractivity contribution >= 4 is 5.91 Å². The first-order valence-corrected chi connectivity index (χ1v) is 8.65. The summed E-state index contributed by atoms with van der Waals surface area (Å²) in [6.07, 6.45) is 3.45. The Morgan fingerprint density at radius 1 is 1.19 bits per heavy atom. The van der Waals surface area contributed by atoms with E-state index in [1.54, 1.807) is 24.5 Å². The minimum Gasteiger partial charge on any atom is -0.484 e. The van der Waals surface area contributed by atoms with E-state index < -0.39 is 6.04 Å². The summed E-state index contributed by atoms with van der Waals surface area (Å²) in [6, 6.07) is 11.3. The Morgan fingerprint density at radius 2 is 1.85 bits per heavy atom. The summed E-state index contributed by atoms with van der Waals surface area (Å²) in [5.74, 6) is 0.688. The van der Waals surface area contributed by atoms with Crippen LogP contribution in [0.5, 0.6) is 5.75 Å². The van der Waals surface area contributed by atoms with Crippen LogP contribution >= 0.6 is 0 Å². The second-order valence-electron chi connectivity index (χ2n) is 6.56. The Labute approximate surface area is 157 Å². The monoisotopic (exact) mass is 367 g/mol. The molecule has 0 aliphatic rings. The molecule has 0 saturated carbocycles. The third-order valence-electron chi connectivity index (χ3n) is 4.19. The number of amides is 1. The number of nitrogens with zero attached hydrogens (tertiary/aromatic N) is 2. The third-order valence-corrected chi connectivity index (χ3v) is 4.19. The maximum atomic E-state index is 13.3. The molecule has 1 amide bonds. The summed E-state index contributed by atoms with van der Waals surface area (Å²) in [7, 11) is 1.84. The molecule has 0 spiro atoms. The van der Waals surface area contributed by atoms with E-state index in [1.165, 1.54) is 12.1 Å². The van der Waals surface area contributed by atoms with E-state index in [2.05, 4.69) is 10.3 Å². The zero-order valence-corrected chi connectivity index (χ0v) is 15.6.